The molecule has 0 saturated carbocycles. The molecule has 0 bridgehead atoms. The van der Waals surface area contributed by atoms with Crippen LogP contribution in [0.3, 0.4) is 0 Å². The molecular formula is C17H18N4O3. The fourth-order valence-electron chi connectivity index (χ4n) is 2.69. The van der Waals surface area contributed by atoms with Gasteiger partial charge in [-0.1, -0.05) is 17.7 Å². The van der Waals surface area contributed by atoms with E-state index < -0.39 is 11.5 Å². The third kappa shape index (κ3) is 2.92. The van der Waals surface area contributed by atoms with Crippen LogP contribution >= 0.6 is 0 Å². The number of nitrogens with one attached hydrogen (secondary N) is 1. The standard InChI is InChI=1S/C17H18N4O3/c1-10-3-6-12(7-4-10)19-20-14-8-5-11(2)21-15(14)18-9-13(16(21)22)17(23)24/h3-4,6-7,9,11,19H,5,8H2,1-2H3,(H,23,24)/b20-14+. The summed E-state index contributed by atoms with van der Waals surface area (Å²) < 4.78 is 1.42. The number of carboxylic acid groups (broad SMARTS) is 1. The van der Waals surface area contributed by atoms with E-state index in [9.17, 15) is 9.59 Å². The number of benzene rings is 1. The monoisotopic (exact) mass is 326 g/mol. The molecule has 1 aromatic heterocycles. The summed E-state index contributed by atoms with van der Waals surface area (Å²) in [5.74, 6) is -0.847. The lowest BCUT2D eigenvalue weighted by Crippen LogP contribution is -2.37. The molecule has 0 amide bonds. The molecular weight excluding hydrogens is 308 g/mol. The predicted octanol–water partition coefficient (Wildman–Crippen LogP) is 2.42. The van der Waals surface area contributed by atoms with Crippen LogP contribution in [-0.4, -0.2) is 26.3 Å². The molecule has 7 heteroatoms. The Morgan fingerprint density at radius 2 is 2.08 bits per heavy atom. The Morgan fingerprint density at radius 3 is 2.75 bits per heavy atom. The molecule has 0 fully saturated rings. The van der Waals surface area contributed by atoms with Crippen LogP contribution in [0.1, 0.15) is 47.6 Å². The van der Waals surface area contributed by atoms with Crippen molar-refractivity contribution in [3.63, 3.8) is 0 Å². The SMILES string of the molecule is Cc1ccc(N/N=C2\CCC(C)n3c2ncc(C(=O)O)c3=O)cc1. The van der Waals surface area contributed by atoms with Crippen LogP contribution < -0.4 is 11.0 Å². The van der Waals surface area contributed by atoms with E-state index in [1.807, 2.05) is 38.1 Å². The fourth-order valence-corrected chi connectivity index (χ4v) is 2.69. The number of aryl methyl sites for hydroxylation is 1. The van der Waals surface area contributed by atoms with Crippen LogP contribution in [0.2, 0.25) is 0 Å². The van der Waals surface area contributed by atoms with Crippen LogP contribution in [0.15, 0.2) is 40.4 Å². The molecule has 0 aliphatic carbocycles. The summed E-state index contributed by atoms with van der Waals surface area (Å²) in [5.41, 5.74) is 4.74. The highest BCUT2D eigenvalue weighted by molar-refractivity contribution is 5.99. The summed E-state index contributed by atoms with van der Waals surface area (Å²) in [4.78, 5) is 27.7. The van der Waals surface area contributed by atoms with Gasteiger partial charge in [0.25, 0.3) is 5.56 Å². The Balaban J connectivity index is 1.98. The summed E-state index contributed by atoms with van der Waals surface area (Å²) in [6, 6.07) is 7.66. The van der Waals surface area contributed by atoms with Crippen molar-refractivity contribution >= 4 is 17.4 Å². The van der Waals surface area contributed by atoms with Crippen molar-refractivity contribution in [2.45, 2.75) is 32.7 Å². The molecule has 2 N–H and O–H groups in total. The van der Waals surface area contributed by atoms with Crippen molar-refractivity contribution in [1.82, 2.24) is 9.55 Å². The van der Waals surface area contributed by atoms with Gasteiger partial charge in [0.1, 0.15) is 11.3 Å². The maximum atomic E-state index is 12.4. The number of hydrazone groups is 1. The highest BCUT2D eigenvalue weighted by Crippen LogP contribution is 2.22. The lowest BCUT2D eigenvalue weighted by atomic mass is 10.0. The highest BCUT2D eigenvalue weighted by atomic mass is 16.4. The Hall–Kier alpha value is -2.96. The van der Waals surface area contributed by atoms with Crippen LogP contribution in [0.4, 0.5) is 5.69 Å². The van der Waals surface area contributed by atoms with Gasteiger partial charge in [-0.15, -0.1) is 0 Å². The molecule has 1 aliphatic heterocycles. The second-order valence-corrected chi connectivity index (χ2v) is 5.90. The van der Waals surface area contributed by atoms with E-state index in [4.69, 9.17) is 5.11 Å². The number of anilines is 1. The molecule has 2 heterocycles. The first-order valence-corrected chi connectivity index (χ1v) is 7.72. The van der Waals surface area contributed by atoms with E-state index in [1.165, 1.54) is 4.57 Å². The van der Waals surface area contributed by atoms with Crippen molar-refractivity contribution < 1.29 is 9.90 Å². The molecule has 3 rings (SSSR count). The molecule has 2 aromatic rings. The van der Waals surface area contributed by atoms with Crippen molar-refractivity contribution in [3.8, 4) is 0 Å². The van der Waals surface area contributed by atoms with Crippen LogP contribution in [0, 0.1) is 6.92 Å². The molecule has 0 saturated heterocycles. The van der Waals surface area contributed by atoms with Gasteiger partial charge in [0.05, 0.1) is 5.69 Å². The van der Waals surface area contributed by atoms with E-state index in [-0.39, 0.29) is 11.6 Å². The Labute approximate surface area is 138 Å². The molecule has 1 aliphatic rings. The van der Waals surface area contributed by atoms with E-state index in [0.717, 1.165) is 17.4 Å². The molecule has 1 atom stereocenters. The van der Waals surface area contributed by atoms with E-state index in [0.29, 0.717) is 24.4 Å². The highest BCUT2D eigenvalue weighted by Gasteiger charge is 2.26. The quantitative estimate of drug-likeness (QED) is 0.844. The van der Waals surface area contributed by atoms with Crippen LogP contribution in [-0.2, 0) is 0 Å². The Bertz CT molecular complexity index is 868. The Kier molecular flexibility index (Phi) is 4.16. The van der Waals surface area contributed by atoms with Gasteiger partial charge in [-0.3, -0.25) is 14.8 Å². The zero-order valence-corrected chi connectivity index (χ0v) is 13.5. The van der Waals surface area contributed by atoms with Gasteiger partial charge in [0.2, 0.25) is 0 Å². The summed E-state index contributed by atoms with van der Waals surface area (Å²) in [6.07, 6.45) is 2.47. The number of carboxylic acids is 1. The minimum atomic E-state index is -1.27. The minimum Gasteiger partial charge on any atom is -0.477 e. The number of carbonyl (C=O) groups is 1. The van der Waals surface area contributed by atoms with Crippen LogP contribution in [0.5, 0.6) is 0 Å². The van der Waals surface area contributed by atoms with Gasteiger partial charge in [-0.2, -0.15) is 5.10 Å². The van der Waals surface area contributed by atoms with Gasteiger partial charge in [-0.25, -0.2) is 9.78 Å². The predicted molar refractivity (Wildman–Crippen MR) is 90.7 cm³/mol. The van der Waals surface area contributed by atoms with Crippen molar-refractivity contribution in [2.24, 2.45) is 5.10 Å². The summed E-state index contributed by atoms with van der Waals surface area (Å²) >= 11 is 0. The van der Waals surface area contributed by atoms with E-state index in [2.05, 4.69) is 15.5 Å². The maximum Gasteiger partial charge on any atom is 0.342 e. The normalized spacial score (nSPS) is 18.2. The molecule has 0 spiro atoms. The van der Waals surface area contributed by atoms with Crippen molar-refractivity contribution in [1.29, 1.82) is 0 Å². The molecule has 124 valence electrons. The number of hydrogen-bond donors (Lipinski definition) is 2. The first-order valence-electron chi connectivity index (χ1n) is 7.72. The van der Waals surface area contributed by atoms with Gasteiger partial charge < -0.3 is 5.11 Å². The van der Waals surface area contributed by atoms with Gasteiger partial charge in [-0.05, 0) is 38.8 Å². The first kappa shape index (κ1) is 15.9. The topological polar surface area (TPSA) is 96.6 Å². The largest absolute Gasteiger partial charge is 0.477 e. The number of hydrogen-bond acceptors (Lipinski definition) is 5. The second kappa shape index (κ2) is 6.27. The smallest absolute Gasteiger partial charge is 0.342 e. The minimum absolute atomic E-state index is 0.113. The lowest BCUT2D eigenvalue weighted by molar-refractivity contribution is 0.0693. The van der Waals surface area contributed by atoms with Gasteiger partial charge in [0, 0.05) is 12.2 Å². The molecule has 1 aromatic carbocycles. The average Bonchev–Trinajstić information content (AvgIpc) is 2.55. The number of aromatic carboxylic acids is 1. The zero-order chi connectivity index (χ0) is 17.3. The number of rotatable bonds is 3. The third-order valence-corrected chi connectivity index (χ3v) is 4.09. The summed E-state index contributed by atoms with van der Waals surface area (Å²) in [5, 5.41) is 13.5. The number of nitrogens with zero attached hydrogens (tertiary/aromatic N) is 3. The van der Waals surface area contributed by atoms with E-state index >= 15 is 0 Å². The number of aromatic nitrogens is 2. The maximum absolute atomic E-state index is 12.4. The number of fused-ring (bicyclic) bond motifs is 1. The summed E-state index contributed by atoms with van der Waals surface area (Å²) in [6.45, 7) is 3.88. The first-order chi connectivity index (χ1) is 11.5. The lowest BCUT2D eigenvalue weighted by Gasteiger charge is -2.25. The van der Waals surface area contributed by atoms with Gasteiger partial charge in [0.15, 0.2) is 5.82 Å². The molecule has 1 unspecified atom stereocenters. The average molecular weight is 326 g/mol. The van der Waals surface area contributed by atoms with Crippen molar-refractivity contribution in [3.05, 3.63) is 57.8 Å². The van der Waals surface area contributed by atoms with E-state index in [1.54, 1.807) is 0 Å². The van der Waals surface area contributed by atoms with Gasteiger partial charge >= 0.3 is 5.97 Å². The van der Waals surface area contributed by atoms with Crippen LogP contribution in [0.25, 0.3) is 0 Å². The van der Waals surface area contributed by atoms with Crippen molar-refractivity contribution in [2.75, 3.05) is 5.43 Å². The zero-order valence-electron chi connectivity index (χ0n) is 13.5. The molecule has 7 nitrogen and oxygen atoms in total. The summed E-state index contributed by atoms with van der Waals surface area (Å²) in [7, 11) is 0. The molecule has 24 heavy (non-hydrogen) atoms. The second-order valence-electron chi connectivity index (χ2n) is 5.90. The molecule has 0 radical (unpaired) electrons. The third-order valence-electron chi connectivity index (χ3n) is 4.09. The Morgan fingerprint density at radius 1 is 1.38 bits per heavy atom. The fraction of sp³-hybridized carbons (Fsp3) is 0.294.